The Labute approximate surface area is 146 Å². The number of rotatable bonds is 6. The van der Waals surface area contributed by atoms with Gasteiger partial charge < -0.3 is 19.7 Å². The topological polar surface area (TPSA) is 60.7 Å². The fourth-order valence-electron chi connectivity index (χ4n) is 3.58. The van der Waals surface area contributed by atoms with Gasteiger partial charge in [-0.2, -0.15) is 0 Å². The molecule has 0 unspecified atom stereocenters. The summed E-state index contributed by atoms with van der Waals surface area (Å²) >= 11 is 1.86. The van der Waals surface area contributed by atoms with Gasteiger partial charge in [0.15, 0.2) is 5.82 Å². The van der Waals surface area contributed by atoms with Crippen LogP contribution in [0.1, 0.15) is 22.7 Å². The number of anilines is 1. The zero-order valence-electron chi connectivity index (χ0n) is 14.2. The van der Waals surface area contributed by atoms with Gasteiger partial charge in [-0.25, -0.2) is 9.97 Å². The van der Waals surface area contributed by atoms with E-state index in [2.05, 4.69) is 5.32 Å². The number of methoxy groups -OCH3 is 1. The highest BCUT2D eigenvalue weighted by Gasteiger charge is 2.23. The second-order valence-corrected chi connectivity index (χ2v) is 7.57. The maximum Gasteiger partial charge on any atom is 0.187 e. The van der Waals surface area contributed by atoms with Crippen molar-refractivity contribution in [1.82, 2.24) is 9.97 Å². The minimum atomic E-state index is 0.682. The second kappa shape index (κ2) is 7.31. The van der Waals surface area contributed by atoms with Gasteiger partial charge in [0.25, 0.3) is 0 Å². The lowest BCUT2D eigenvalue weighted by Gasteiger charge is -2.23. The summed E-state index contributed by atoms with van der Waals surface area (Å²) in [5.74, 6) is 1.94. The summed E-state index contributed by atoms with van der Waals surface area (Å²) in [7, 11) is 1.73. The smallest absolute Gasteiger partial charge is 0.187 e. The van der Waals surface area contributed by atoms with Crippen molar-refractivity contribution < 1.29 is 14.4 Å². The van der Waals surface area contributed by atoms with Gasteiger partial charge in [-0.15, -0.1) is 11.3 Å². The van der Waals surface area contributed by atoms with Gasteiger partial charge in [0, 0.05) is 18.5 Å². The molecule has 7 heteroatoms. The molecule has 0 aromatic carbocycles. The van der Waals surface area contributed by atoms with E-state index in [1.807, 2.05) is 11.3 Å². The molecular formula is C17H25N4O2S+. The molecular weight excluding hydrogens is 324 g/mol. The first-order valence-corrected chi connectivity index (χ1v) is 9.62. The van der Waals surface area contributed by atoms with Crippen molar-refractivity contribution in [2.24, 2.45) is 0 Å². The predicted molar refractivity (Wildman–Crippen MR) is 95.0 cm³/mol. The average Bonchev–Trinajstić information content (AvgIpc) is 3.16. The first-order valence-electron chi connectivity index (χ1n) is 8.80. The van der Waals surface area contributed by atoms with Crippen LogP contribution >= 0.6 is 11.3 Å². The minimum absolute atomic E-state index is 0.682. The number of nitrogens with one attached hydrogen (secondary N) is 2. The normalized spacial score (nSPS) is 18.2. The molecule has 1 saturated heterocycles. The Morgan fingerprint density at radius 2 is 2.12 bits per heavy atom. The van der Waals surface area contributed by atoms with Crippen LogP contribution in [-0.2, 0) is 28.9 Å². The number of nitrogens with zero attached hydrogens (tertiary/aromatic N) is 2. The molecule has 2 N–H and O–H groups in total. The van der Waals surface area contributed by atoms with Crippen LogP contribution < -0.4 is 10.2 Å². The molecule has 0 spiro atoms. The van der Waals surface area contributed by atoms with Gasteiger partial charge in [0.2, 0.25) is 0 Å². The van der Waals surface area contributed by atoms with Gasteiger partial charge in [-0.1, -0.05) is 0 Å². The van der Waals surface area contributed by atoms with Crippen LogP contribution in [0.4, 0.5) is 5.82 Å². The molecule has 0 radical (unpaired) electrons. The van der Waals surface area contributed by atoms with Crippen LogP contribution in [0.5, 0.6) is 0 Å². The minimum Gasteiger partial charge on any atom is -0.383 e. The largest absolute Gasteiger partial charge is 0.383 e. The standard InChI is InChI=1S/C17H24N4O2S/c1-22-8-5-18-16-15-12-3-2-4-13(12)24-17(15)20-14(19-16)11-21-6-9-23-10-7-21/h2-11H2,1H3,(H,18,19,20)/p+1. The number of aromatic nitrogens is 2. The van der Waals surface area contributed by atoms with E-state index in [1.165, 1.54) is 33.6 Å². The van der Waals surface area contributed by atoms with E-state index >= 15 is 0 Å². The van der Waals surface area contributed by atoms with Crippen LogP contribution in [0.25, 0.3) is 10.2 Å². The summed E-state index contributed by atoms with van der Waals surface area (Å²) < 4.78 is 10.6. The van der Waals surface area contributed by atoms with E-state index in [0.717, 1.165) is 62.3 Å². The summed E-state index contributed by atoms with van der Waals surface area (Å²) in [6, 6.07) is 0. The van der Waals surface area contributed by atoms with Gasteiger partial charge in [-0.3, -0.25) is 0 Å². The Bertz CT molecular complexity index is 712. The number of quaternary nitrogens is 1. The molecule has 6 nitrogen and oxygen atoms in total. The summed E-state index contributed by atoms with van der Waals surface area (Å²) in [6.07, 6.45) is 3.61. The van der Waals surface area contributed by atoms with Crippen LogP contribution in [0, 0.1) is 0 Å². The van der Waals surface area contributed by atoms with Gasteiger partial charge >= 0.3 is 0 Å². The molecule has 0 amide bonds. The zero-order chi connectivity index (χ0) is 16.4. The molecule has 1 aliphatic heterocycles. The Kier molecular flexibility index (Phi) is 4.93. The van der Waals surface area contributed by atoms with E-state index in [1.54, 1.807) is 7.11 Å². The van der Waals surface area contributed by atoms with Crippen molar-refractivity contribution in [1.29, 1.82) is 0 Å². The molecule has 2 aromatic heterocycles. The zero-order valence-corrected chi connectivity index (χ0v) is 15.0. The third-order valence-corrected chi connectivity index (χ3v) is 6.00. The second-order valence-electron chi connectivity index (χ2n) is 6.48. The Morgan fingerprint density at radius 1 is 1.25 bits per heavy atom. The van der Waals surface area contributed by atoms with Crippen LogP contribution in [0.3, 0.4) is 0 Å². The van der Waals surface area contributed by atoms with Gasteiger partial charge in [-0.05, 0) is 24.8 Å². The summed E-state index contributed by atoms with van der Waals surface area (Å²) in [6.45, 7) is 6.08. The monoisotopic (exact) mass is 349 g/mol. The molecule has 130 valence electrons. The number of aryl methyl sites for hydroxylation is 2. The summed E-state index contributed by atoms with van der Waals surface area (Å²) in [4.78, 5) is 13.9. The lowest BCUT2D eigenvalue weighted by atomic mass is 10.2. The maximum atomic E-state index is 5.45. The van der Waals surface area contributed by atoms with Crippen molar-refractivity contribution in [2.45, 2.75) is 25.8 Å². The highest BCUT2D eigenvalue weighted by atomic mass is 32.1. The third kappa shape index (κ3) is 3.26. The van der Waals surface area contributed by atoms with Crippen molar-refractivity contribution >= 4 is 27.4 Å². The fraction of sp³-hybridized carbons (Fsp3) is 0.647. The van der Waals surface area contributed by atoms with Gasteiger partial charge in [0.05, 0.1) is 25.2 Å². The van der Waals surface area contributed by atoms with Crippen molar-refractivity contribution in [3.05, 3.63) is 16.3 Å². The molecule has 4 rings (SSSR count). The highest BCUT2D eigenvalue weighted by Crippen LogP contribution is 2.39. The van der Waals surface area contributed by atoms with Crippen molar-refractivity contribution in [2.75, 3.05) is 51.9 Å². The molecule has 0 saturated carbocycles. The fourth-order valence-corrected chi connectivity index (χ4v) is 4.86. The lowest BCUT2D eigenvalue weighted by molar-refractivity contribution is -0.922. The number of hydrogen-bond donors (Lipinski definition) is 2. The lowest BCUT2D eigenvalue weighted by Crippen LogP contribution is -3.12. The number of thiophene rings is 1. The van der Waals surface area contributed by atoms with E-state index in [0.29, 0.717) is 6.61 Å². The number of morpholine rings is 1. The van der Waals surface area contributed by atoms with Crippen LogP contribution in [0.15, 0.2) is 0 Å². The number of ether oxygens (including phenoxy) is 2. The Balaban J connectivity index is 1.65. The Hall–Kier alpha value is -1.28. The van der Waals surface area contributed by atoms with Crippen LogP contribution in [-0.4, -0.2) is 56.5 Å². The van der Waals surface area contributed by atoms with E-state index in [9.17, 15) is 0 Å². The summed E-state index contributed by atoms with van der Waals surface area (Å²) in [5, 5.41) is 4.73. The molecule has 1 fully saturated rings. The average molecular weight is 349 g/mol. The predicted octanol–water partition coefficient (Wildman–Crippen LogP) is 0.653. The quantitative estimate of drug-likeness (QED) is 0.750. The molecule has 3 heterocycles. The number of hydrogen-bond acceptors (Lipinski definition) is 6. The van der Waals surface area contributed by atoms with Gasteiger partial charge in [0.1, 0.15) is 30.3 Å². The van der Waals surface area contributed by atoms with Crippen molar-refractivity contribution in [3.63, 3.8) is 0 Å². The first kappa shape index (κ1) is 16.2. The molecule has 24 heavy (non-hydrogen) atoms. The van der Waals surface area contributed by atoms with Crippen LogP contribution in [0.2, 0.25) is 0 Å². The van der Waals surface area contributed by atoms with Crippen molar-refractivity contribution in [3.8, 4) is 0 Å². The molecule has 0 atom stereocenters. The summed E-state index contributed by atoms with van der Waals surface area (Å²) in [5.41, 5.74) is 1.47. The molecule has 1 aliphatic carbocycles. The molecule has 0 bridgehead atoms. The Morgan fingerprint density at radius 3 is 2.96 bits per heavy atom. The van der Waals surface area contributed by atoms with E-state index < -0.39 is 0 Å². The highest BCUT2D eigenvalue weighted by molar-refractivity contribution is 7.19. The molecule has 2 aliphatic rings. The first-order chi connectivity index (χ1) is 11.8. The number of fused-ring (bicyclic) bond motifs is 3. The van der Waals surface area contributed by atoms with E-state index in [-0.39, 0.29) is 0 Å². The SMILES string of the molecule is COCCNc1nc(C[NH+]2CCOCC2)nc2sc3c(c12)CCC3. The third-order valence-electron chi connectivity index (χ3n) is 4.82. The molecule has 2 aromatic rings. The van der Waals surface area contributed by atoms with E-state index in [4.69, 9.17) is 19.4 Å². The maximum absolute atomic E-state index is 5.45.